The van der Waals surface area contributed by atoms with Crippen molar-refractivity contribution in [1.29, 1.82) is 0 Å². The molecule has 0 aromatic carbocycles. The van der Waals surface area contributed by atoms with Crippen LogP contribution in [-0.4, -0.2) is 0 Å². The van der Waals surface area contributed by atoms with Crippen LogP contribution in [0.4, 0.5) is 0 Å². The Morgan fingerprint density at radius 3 is 1.68 bits per heavy atom. The van der Waals surface area contributed by atoms with Gasteiger partial charge in [-0.25, -0.2) is 0 Å². The number of rotatable bonds is 14. The highest BCUT2D eigenvalue weighted by atomic mass is 14.4. The molecule has 4 unspecified atom stereocenters. The molecular formula is C25H50. The van der Waals surface area contributed by atoms with Gasteiger partial charge in [0.1, 0.15) is 0 Å². The molecule has 150 valence electrons. The summed E-state index contributed by atoms with van der Waals surface area (Å²) >= 11 is 0. The Kier molecular flexibility index (Phi) is 13.7. The zero-order valence-electron chi connectivity index (χ0n) is 19.1. The lowest BCUT2D eigenvalue weighted by Crippen LogP contribution is -2.35. The van der Waals surface area contributed by atoms with Gasteiger partial charge in [-0.15, -0.1) is 0 Å². The zero-order chi connectivity index (χ0) is 19.4. The Morgan fingerprint density at radius 2 is 1.28 bits per heavy atom. The van der Waals surface area contributed by atoms with E-state index in [0.717, 1.165) is 35.5 Å². The molecule has 0 heteroatoms. The minimum absolute atomic E-state index is 0.697. The van der Waals surface area contributed by atoms with Crippen LogP contribution >= 0.6 is 0 Å². The molecule has 0 spiro atoms. The van der Waals surface area contributed by atoms with Gasteiger partial charge < -0.3 is 0 Å². The Morgan fingerprint density at radius 1 is 0.720 bits per heavy atom. The maximum absolute atomic E-state index is 2.55. The predicted molar refractivity (Wildman–Crippen MR) is 117 cm³/mol. The molecule has 0 bridgehead atoms. The molecule has 0 amide bonds. The highest BCUT2D eigenvalue weighted by Gasteiger charge is 2.36. The van der Waals surface area contributed by atoms with Crippen LogP contribution in [0.3, 0.4) is 0 Å². The first-order valence-corrected chi connectivity index (χ1v) is 11.5. The summed E-state index contributed by atoms with van der Waals surface area (Å²) in [6.07, 6.45) is 14.4. The Hall–Kier alpha value is -0.260. The summed E-state index contributed by atoms with van der Waals surface area (Å²) in [5, 5.41) is 0. The summed E-state index contributed by atoms with van der Waals surface area (Å²) in [5.74, 6) is 5.70. The maximum Gasteiger partial charge on any atom is -0.0228 e. The third-order valence-corrected chi connectivity index (χ3v) is 6.34. The molecule has 0 rings (SSSR count). The highest BCUT2D eigenvalue weighted by molar-refractivity contribution is 4.95. The monoisotopic (exact) mass is 350 g/mol. The molecule has 0 saturated carbocycles. The second-order valence-electron chi connectivity index (χ2n) is 9.38. The van der Waals surface area contributed by atoms with Gasteiger partial charge in [-0.2, -0.15) is 0 Å². The van der Waals surface area contributed by atoms with E-state index in [1.807, 2.05) is 0 Å². The highest BCUT2D eigenvalue weighted by Crippen LogP contribution is 2.43. The van der Waals surface area contributed by atoms with Crippen LogP contribution in [0.25, 0.3) is 0 Å². The fraction of sp³-hybridized carbons (Fsp3) is 0.920. The van der Waals surface area contributed by atoms with Gasteiger partial charge >= 0.3 is 0 Å². The summed E-state index contributed by atoms with van der Waals surface area (Å²) < 4.78 is 0. The Labute approximate surface area is 161 Å². The first-order chi connectivity index (χ1) is 11.8. The SMILES string of the molecule is CCCC(CCC)C(C(C)CC)C(C(C)C)C(C)C=CCCC(C)C. The molecule has 0 heterocycles. The largest absolute Gasteiger partial charge is 0.0882 e. The van der Waals surface area contributed by atoms with Crippen molar-refractivity contribution in [3.05, 3.63) is 12.2 Å². The average molecular weight is 351 g/mol. The van der Waals surface area contributed by atoms with Crippen molar-refractivity contribution in [2.24, 2.45) is 41.4 Å². The van der Waals surface area contributed by atoms with Gasteiger partial charge in [0, 0.05) is 0 Å². The second kappa shape index (κ2) is 13.9. The molecule has 25 heavy (non-hydrogen) atoms. The first-order valence-electron chi connectivity index (χ1n) is 11.5. The minimum Gasteiger partial charge on any atom is -0.0882 e. The fourth-order valence-corrected chi connectivity index (χ4v) is 4.97. The van der Waals surface area contributed by atoms with Crippen molar-refractivity contribution in [3.8, 4) is 0 Å². The molecule has 4 atom stereocenters. The summed E-state index contributed by atoms with van der Waals surface area (Å²) in [6.45, 7) is 21.7. The summed E-state index contributed by atoms with van der Waals surface area (Å²) in [4.78, 5) is 0. The van der Waals surface area contributed by atoms with E-state index in [4.69, 9.17) is 0 Å². The quantitative estimate of drug-likeness (QED) is 0.275. The Balaban J connectivity index is 5.37. The van der Waals surface area contributed by atoms with Crippen LogP contribution in [0.5, 0.6) is 0 Å². The van der Waals surface area contributed by atoms with Gasteiger partial charge in [0.2, 0.25) is 0 Å². The molecule has 0 N–H and O–H groups in total. The van der Waals surface area contributed by atoms with Crippen LogP contribution in [0.2, 0.25) is 0 Å². The summed E-state index contributed by atoms with van der Waals surface area (Å²) in [6, 6.07) is 0. The topological polar surface area (TPSA) is 0 Å². The standard InChI is InChI=1S/C25H50/c1-10-15-23(16-11-2)25(21(8)12-3)24(20(6)7)22(9)18-14-13-17-19(4)5/h14,18-25H,10-13,15-17H2,1-9H3. The normalized spacial score (nSPS) is 17.6. The lowest BCUT2D eigenvalue weighted by atomic mass is 9.63. The van der Waals surface area contributed by atoms with Crippen molar-refractivity contribution in [2.75, 3.05) is 0 Å². The van der Waals surface area contributed by atoms with Gasteiger partial charge in [0.25, 0.3) is 0 Å². The molecule has 0 radical (unpaired) electrons. The third kappa shape index (κ3) is 9.30. The van der Waals surface area contributed by atoms with E-state index in [9.17, 15) is 0 Å². The first kappa shape index (κ1) is 24.7. The van der Waals surface area contributed by atoms with E-state index in [0.29, 0.717) is 5.92 Å². The van der Waals surface area contributed by atoms with Gasteiger partial charge in [-0.05, 0) is 54.3 Å². The molecule has 0 fully saturated rings. The van der Waals surface area contributed by atoms with E-state index in [1.165, 1.54) is 44.9 Å². The summed E-state index contributed by atoms with van der Waals surface area (Å²) in [7, 11) is 0. The number of hydrogen-bond donors (Lipinski definition) is 0. The molecule has 0 saturated heterocycles. The van der Waals surface area contributed by atoms with Gasteiger partial charge in [-0.3, -0.25) is 0 Å². The molecular weight excluding hydrogens is 300 g/mol. The third-order valence-electron chi connectivity index (χ3n) is 6.34. The van der Waals surface area contributed by atoms with Crippen LogP contribution in [0.15, 0.2) is 12.2 Å². The summed E-state index contributed by atoms with van der Waals surface area (Å²) in [5.41, 5.74) is 0. The zero-order valence-corrected chi connectivity index (χ0v) is 19.1. The van der Waals surface area contributed by atoms with Crippen molar-refractivity contribution in [1.82, 2.24) is 0 Å². The molecule has 0 aliphatic carbocycles. The second-order valence-corrected chi connectivity index (χ2v) is 9.38. The molecule has 0 nitrogen and oxygen atoms in total. The van der Waals surface area contributed by atoms with E-state index in [-0.39, 0.29) is 0 Å². The lowest BCUT2D eigenvalue weighted by Gasteiger charge is -2.42. The fourth-order valence-electron chi connectivity index (χ4n) is 4.97. The van der Waals surface area contributed by atoms with Crippen molar-refractivity contribution < 1.29 is 0 Å². The number of hydrogen-bond acceptors (Lipinski definition) is 0. The number of allylic oxidation sites excluding steroid dienone is 2. The van der Waals surface area contributed by atoms with Crippen molar-refractivity contribution in [3.63, 3.8) is 0 Å². The van der Waals surface area contributed by atoms with Crippen LogP contribution in [0, 0.1) is 41.4 Å². The van der Waals surface area contributed by atoms with Gasteiger partial charge in [0.15, 0.2) is 0 Å². The van der Waals surface area contributed by atoms with E-state index < -0.39 is 0 Å². The van der Waals surface area contributed by atoms with Crippen molar-refractivity contribution >= 4 is 0 Å². The van der Waals surface area contributed by atoms with Gasteiger partial charge in [0.05, 0.1) is 0 Å². The van der Waals surface area contributed by atoms with E-state index >= 15 is 0 Å². The maximum atomic E-state index is 2.55. The van der Waals surface area contributed by atoms with Gasteiger partial charge in [-0.1, -0.05) is 107 Å². The predicted octanol–water partition coefficient (Wildman–Crippen LogP) is 8.77. The van der Waals surface area contributed by atoms with Crippen LogP contribution in [0.1, 0.15) is 107 Å². The van der Waals surface area contributed by atoms with E-state index in [2.05, 4.69) is 74.5 Å². The molecule has 0 aliphatic rings. The van der Waals surface area contributed by atoms with Crippen LogP contribution in [-0.2, 0) is 0 Å². The average Bonchev–Trinajstić information content (AvgIpc) is 2.55. The smallest absolute Gasteiger partial charge is 0.0228 e. The molecule has 0 aromatic rings. The minimum atomic E-state index is 0.697. The lowest BCUT2D eigenvalue weighted by molar-refractivity contribution is 0.0765. The molecule has 0 aliphatic heterocycles. The van der Waals surface area contributed by atoms with Crippen LogP contribution < -0.4 is 0 Å². The Bertz CT molecular complexity index is 319. The van der Waals surface area contributed by atoms with Crippen molar-refractivity contribution in [2.45, 2.75) is 107 Å². The molecule has 0 aromatic heterocycles. The van der Waals surface area contributed by atoms with E-state index in [1.54, 1.807) is 0 Å².